The van der Waals surface area contributed by atoms with E-state index in [4.69, 9.17) is 13.9 Å². The van der Waals surface area contributed by atoms with Crippen LogP contribution in [0.15, 0.2) is 83.1 Å². The van der Waals surface area contributed by atoms with Crippen molar-refractivity contribution < 1.29 is 23.5 Å². The van der Waals surface area contributed by atoms with Gasteiger partial charge in [0.25, 0.3) is 0 Å². The van der Waals surface area contributed by atoms with Crippen molar-refractivity contribution in [3.8, 4) is 16.9 Å². The molecule has 6 heteroatoms. The molecule has 0 bridgehead atoms. The summed E-state index contributed by atoms with van der Waals surface area (Å²) in [5, 5.41) is 0.799. The predicted molar refractivity (Wildman–Crippen MR) is 118 cm³/mol. The summed E-state index contributed by atoms with van der Waals surface area (Å²) in [6, 6.07) is 14.1. The third-order valence-electron chi connectivity index (χ3n) is 4.58. The summed E-state index contributed by atoms with van der Waals surface area (Å²) < 4.78 is 15.9. The molecule has 0 saturated heterocycles. The number of fused-ring (bicyclic) bond motifs is 1. The molecular formula is C25H22O6. The van der Waals surface area contributed by atoms with E-state index in [0.717, 1.165) is 29.9 Å². The van der Waals surface area contributed by atoms with Crippen LogP contribution in [-0.2, 0) is 20.7 Å². The van der Waals surface area contributed by atoms with Gasteiger partial charge in [-0.15, -0.1) is 0 Å². The molecule has 0 aliphatic heterocycles. The van der Waals surface area contributed by atoms with Gasteiger partial charge in [0.1, 0.15) is 17.9 Å². The van der Waals surface area contributed by atoms with E-state index in [0.29, 0.717) is 29.1 Å². The van der Waals surface area contributed by atoms with Crippen LogP contribution >= 0.6 is 0 Å². The van der Waals surface area contributed by atoms with E-state index < -0.39 is 11.6 Å². The van der Waals surface area contributed by atoms with Gasteiger partial charge >= 0.3 is 11.6 Å². The van der Waals surface area contributed by atoms with Crippen molar-refractivity contribution in [3.63, 3.8) is 0 Å². The second-order valence-corrected chi connectivity index (χ2v) is 6.80. The highest BCUT2D eigenvalue weighted by atomic mass is 16.5. The fourth-order valence-electron chi connectivity index (χ4n) is 2.98. The zero-order chi connectivity index (χ0) is 22.2. The number of rotatable bonds is 10. The van der Waals surface area contributed by atoms with Crippen molar-refractivity contribution in [2.24, 2.45) is 0 Å². The molecule has 0 fully saturated rings. The third-order valence-corrected chi connectivity index (χ3v) is 4.58. The monoisotopic (exact) mass is 418 g/mol. The van der Waals surface area contributed by atoms with Gasteiger partial charge < -0.3 is 13.9 Å². The predicted octanol–water partition coefficient (Wildman–Crippen LogP) is 4.26. The Morgan fingerprint density at radius 1 is 1.00 bits per heavy atom. The molecule has 3 rings (SSSR count). The number of ether oxygens (including phenoxy) is 2. The van der Waals surface area contributed by atoms with E-state index in [2.05, 4.69) is 13.2 Å². The first-order valence-electron chi connectivity index (χ1n) is 9.74. The first kappa shape index (κ1) is 21.9. The molecule has 0 unspecified atom stereocenters. The van der Waals surface area contributed by atoms with Crippen molar-refractivity contribution >= 4 is 22.7 Å². The highest BCUT2D eigenvalue weighted by Gasteiger charge is 2.10. The van der Waals surface area contributed by atoms with Crippen molar-refractivity contribution in [2.75, 3.05) is 13.2 Å². The van der Waals surface area contributed by atoms with Crippen LogP contribution in [-0.4, -0.2) is 25.0 Å². The van der Waals surface area contributed by atoms with E-state index in [1.807, 2.05) is 18.2 Å². The SMILES string of the molecule is C=CC(=O)COCCCc1ccc2cc(-c3ccc(OC(=O)C=C)cc3)c(=O)oc2c1. The molecular weight excluding hydrogens is 396 g/mol. The first-order chi connectivity index (χ1) is 15.0. The number of hydrogen-bond donors (Lipinski definition) is 0. The molecule has 31 heavy (non-hydrogen) atoms. The number of esters is 1. The highest BCUT2D eigenvalue weighted by Crippen LogP contribution is 2.24. The van der Waals surface area contributed by atoms with Crippen molar-refractivity contribution in [1.29, 1.82) is 0 Å². The summed E-state index contributed by atoms with van der Waals surface area (Å²) in [7, 11) is 0. The molecule has 0 aliphatic rings. The minimum Gasteiger partial charge on any atom is -0.423 e. The molecule has 1 aromatic heterocycles. The lowest BCUT2D eigenvalue weighted by atomic mass is 10.0. The second-order valence-electron chi connectivity index (χ2n) is 6.80. The van der Waals surface area contributed by atoms with Gasteiger partial charge in [0.15, 0.2) is 5.78 Å². The third kappa shape index (κ3) is 5.87. The smallest absolute Gasteiger partial charge is 0.344 e. The summed E-state index contributed by atoms with van der Waals surface area (Å²) in [6.45, 7) is 7.25. The minimum absolute atomic E-state index is 0.0382. The quantitative estimate of drug-likeness (QED) is 0.161. The summed E-state index contributed by atoms with van der Waals surface area (Å²) in [5.41, 5.74) is 2.14. The standard InChI is InChI=1S/C25H22O6/c1-3-20(26)16-29-13-5-6-17-7-8-19-15-22(25(28)31-23(19)14-17)18-9-11-21(12-10-18)30-24(27)4-2/h3-4,7-12,14-15H,1-2,5-6,13,16H2. The van der Waals surface area contributed by atoms with Gasteiger partial charge in [0.2, 0.25) is 0 Å². The van der Waals surface area contributed by atoms with E-state index in [9.17, 15) is 14.4 Å². The van der Waals surface area contributed by atoms with E-state index in [1.165, 1.54) is 6.08 Å². The van der Waals surface area contributed by atoms with Crippen molar-refractivity contribution in [2.45, 2.75) is 12.8 Å². The van der Waals surface area contributed by atoms with E-state index in [1.54, 1.807) is 30.3 Å². The van der Waals surface area contributed by atoms with Crippen LogP contribution in [0.1, 0.15) is 12.0 Å². The molecule has 0 radical (unpaired) electrons. The molecule has 0 N–H and O–H groups in total. The van der Waals surface area contributed by atoms with Gasteiger partial charge in [-0.25, -0.2) is 9.59 Å². The van der Waals surface area contributed by atoms with E-state index in [-0.39, 0.29) is 12.4 Å². The summed E-state index contributed by atoms with van der Waals surface area (Å²) in [4.78, 5) is 34.9. The number of aryl methyl sites for hydroxylation is 1. The fraction of sp³-hybridized carbons (Fsp3) is 0.160. The van der Waals surface area contributed by atoms with Crippen LogP contribution in [0.4, 0.5) is 0 Å². The average molecular weight is 418 g/mol. The maximum Gasteiger partial charge on any atom is 0.344 e. The summed E-state index contributed by atoms with van der Waals surface area (Å²) >= 11 is 0. The Morgan fingerprint density at radius 3 is 2.48 bits per heavy atom. The normalized spacial score (nSPS) is 10.6. The molecule has 1 heterocycles. The Hall–Kier alpha value is -3.77. The number of carbonyl (C=O) groups is 2. The molecule has 2 aromatic carbocycles. The van der Waals surface area contributed by atoms with Crippen LogP contribution < -0.4 is 10.4 Å². The number of carbonyl (C=O) groups excluding carboxylic acids is 2. The maximum absolute atomic E-state index is 12.5. The first-order valence-corrected chi connectivity index (χ1v) is 9.74. The zero-order valence-corrected chi connectivity index (χ0v) is 17.0. The Bertz CT molecular complexity index is 1170. The summed E-state index contributed by atoms with van der Waals surface area (Å²) in [6.07, 6.45) is 3.79. The molecule has 3 aromatic rings. The van der Waals surface area contributed by atoms with Crippen LogP contribution in [0.5, 0.6) is 5.75 Å². The van der Waals surface area contributed by atoms with Crippen LogP contribution in [0.3, 0.4) is 0 Å². The molecule has 158 valence electrons. The number of benzene rings is 2. The molecule has 0 amide bonds. The Morgan fingerprint density at radius 2 is 1.77 bits per heavy atom. The topological polar surface area (TPSA) is 82.8 Å². The molecule has 0 saturated carbocycles. The van der Waals surface area contributed by atoms with Gasteiger partial charge in [-0.3, -0.25) is 4.79 Å². The van der Waals surface area contributed by atoms with Gasteiger partial charge in [-0.05, 0) is 54.3 Å². The summed E-state index contributed by atoms with van der Waals surface area (Å²) in [5.74, 6) is -0.331. The van der Waals surface area contributed by atoms with Gasteiger partial charge in [0, 0.05) is 18.1 Å². The van der Waals surface area contributed by atoms with Gasteiger partial charge in [0.05, 0.1) is 5.56 Å². The Balaban J connectivity index is 1.71. The zero-order valence-electron chi connectivity index (χ0n) is 17.0. The lowest BCUT2D eigenvalue weighted by molar-refractivity contribution is -0.129. The average Bonchev–Trinajstić information content (AvgIpc) is 2.78. The second kappa shape index (κ2) is 10.3. The Kier molecular flexibility index (Phi) is 7.30. The fourth-order valence-corrected chi connectivity index (χ4v) is 2.98. The molecule has 0 spiro atoms. The van der Waals surface area contributed by atoms with Crippen molar-refractivity contribution in [3.05, 3.63) is 89.8 Å². The Labute approximate surface area is 179 Å². The lowest BCUT2D eigenvalue weighted by Gasteiger charge is -2.07. The van der Waals surface area contributed by atoms with Crippen molar-refractivity contribution in [1.82, 2.24) is 0 Å². The van der Waals surface area contributed by atoms with Gasteiger partial charge in [-0.2, -0.15) is 0 Å². The molecule has 0 atom stereocenters. The van der Waals surface area contributed by atoms with E-state index >= 15 is 0 Å². The van der Waals surface area contributed by atoms with Crippen LogP contribution in [0, 0.1) is 0 Å². The molecule has 6 nitrogen and oxygen atoms in total. The van der Waals surface area contributed by atoms with Gasteiger partial charge in [-0.1, -0.05) is 37.4 Å². The van der Waals surface area contributed by atoms with Crippen LogP contribution in [0.2, 0.25) is 0 Å². The largest absolute Gasteiger partial charge is 0.423 e. The minimum atomic E-state index is -0.550. The maximum atomic E-state index is 12.5. The van der Waals surface area contributed by atoms with Crippen LogP contribution in [0.25, 0.3) is 22.1 Å². The highest BCUT2D eigenvalue weighted by molar-refractivity contribution is 5.90. The lowest BCUT2D eigenvalue weighted by Crippen LogP contribution is -2.06. The molecule has 0 aliphatic carbocycles. The number of hydrogen-bond acceptors (Lipinski definition) is 6. The number of ketones is 1.